The second-order valence-corrected chi connectivity index (χ2v) is 9.86. The summed E-state index contributed by atoms with van der Waals surface area (Å²) in [7, 11) is -3.66. The van der Waals surface area contributed by atoms with Crippen LogP contribution in [0.15, 0.2) is 45.8 Å². The number of nitrogens with one attached hydrogen (secondary N) is 1. The van der Waals surface area contributed by atoms with Crippen molar-refractivity contribution in [1.29, 1.82) is 0 Å². The molecule has 6 nitrogen and oxygen atoms in total. The summed E-state index contributed by atoms with van der Waals surface area (Å²) in [6.07, 6.45) is 0.659. The number of amides is 1. The van der Waals surface area contributed by atoms with E-state index < -0.39 is 9.84 Å². The van der Waals surface area contributed by atoms with Gasteiger partial charge in [0.2, 0.25) is 5.91 Å². The molecule has 0 radical (unpaired) electrons. The Morgan fingerprint density at radius 1 is 1.06 bits per heavy atom. The van der Waals surface area contributed by atoms with Gasteiger partial charge in [-0.3, -0.25) is 4.79 Å². The molecule has 0 spiro atoms. The van der Waals surface area contributed by atoms with Crippen molar-refractivity contribution in [2.75, 3.05) is 11.1 Å². The summed E-state index contributed by atoms with van der Waals surface area (Å²) in [5.74, 6) is -0.0355. The molecule has 1 heterocycles. The Morgan fingerprint density at radius 2 is 1.81 bits per heavy atom. The molecule has 3 aromatic rings. The minimum atomic E-state index is -3.66. The summed E-state index contributed by atoms with van der Waals surface area (Å²) in [5.41, 5.74) is 5.66. The number of aromatic nitrogens is 1. The molecule has 7 heteroatoms. The van der Waals surface area contributed by atoms with Crippen molar-refractivity contribution < 1.29 is 17.7 Å². The van der Waals surface area contributed by atoms with Crippen molar-refractivity contribution in [2.45, 2.75) is 52.4 Å². The molecule has 0 fully saturated rings. The molecular formula is C24H28N2O4S. The van der Waals surface area contributed by atoms with E-state index in [1.54, 1.807) is 19.1 Å². The molecule has 2 aromatic carbocycles. The van der Waals surface area contributed by atoms with Crippen LogP contribution in [0.4, 0.5) is 5.69 Å². The van der Waals surface area contributed by atoms with Gasteiger partial charge in [-0.25, -0.2) is 8.42 Å². The van der Waals surface area contributed by atoms with E-state index in [2.05, 4.69) is 10.5 Å². The first-order valence-corrected chi connectivity index (χ1v) is 11.9. The van der Waals surface area contributed by atoms with Crippen molar-refractivity contribution >= 4 is 21.4 Å². The van der Waals surface area contributed by atoms with Crippen LogP contribution in [0.3, 0.4) is 0 Å². The van der Waals surface area contributed by atoms with Crippen molar-refractivity contribution in [3.8, 4) is 11.3 Å². The minimum Gasteiger partial charge on any atom is -0.356 e. The molecule has 0 bridgehead atoms. The molecule has 0 aliphatic carbocycles. The first-order valence-electron chi connectivity index (χ1n) is 10.3. The maximum Gasteiger partial charge on any atom is 0.225 e. The second kappa shape index (κ2) is 9.06. The summed E-state index contributed by atoms with van der Waals surface area (Å²) >= 11 is 0. The van der Waals surface area contributed by atoms with Gasteiger partial charge >= 0.3 is 0 Å². The lowest BCUT2D eigenvalue weighted by atomic mass is 10.1. The van der Waals surface area contributed by atoms with E-state index in [0.29, 0.717) is 16.9 Å². The number of aryl methyl sites for hydroxylation is 4. The summed E-state index contributed by atoms with van der Waals surface area (Å²) in [6.45, 7) is 9.41. The van der Waals surface area contributed by atoms with E-state index in [9.17, 15) is 13.2 Å². The van der Waals surface area contributed by atoms with E-state index in [0.717, 1.165) is 34.5 Å². The molecule has 164 valence electrons. The van der Waals surface area contributed by atoms with Gasteiger partial charge in [-0.1, -0.05) is 42.4 Å². The van der Waals surface area contributed by atoms with Crippen LogP contribution in [0, 0.1) is 27.7 Å². The number of para-hydroxylation sites is 1. The van der Waals surface area contributed by atoms with Gasteiger partial charge in [0.05, 0.1) is 16.3 Å². The van der Waals surface area contributed by atoms with Gasteiger partial charge in [-0.2, -0.15) is 0 Å². The van der Waals surface area contributed by atoms with Crippen molar-refractivity contribution in [3.05, 3.63) is 64.3 Å². The predicted molar refractivity (Wildman–Crippen MR) is 122 cm³/mol. The van der Waals surface area contributed by atoms with E-state index in [1.807, 2.05) is 52.0 Å². The number of benzene rings is 2. The normalized spacial score (nSPS) is 11.5. The van der Waals surface area contributed by atoms with Crippen molar-refractivity contribution in [3.63, 3.8) is 0 Å². The van der Waals surface area contributed by atoms with Crippen LogP contribution in [0.25, 0.3) is 11.3 Å². The van der Waals surface area contributed by atoms with Crippen LogP contribution in [0.2, 0.25) is 0 Å². The Labute approximate surface area is 183 Å². The number of rotatable bonds is 7. The lowest BCUT2D eigenvalue weighted by molar-refractivity contribution is -0.115. The molecule has 0 aliphatic heterocycles. The number of sulfone groups is 1. The standard InChI is InChI=1S/C24H28N2O4S/c1-6-19-9-7-8-16(3)23(19)25-22(27)12-13-31(28,29)21-14-20(11-10-15(21)2)24-17(4)18(5)26-30-24/h7-11,14H,6,12-13H2,1-5H3,(H,25,27). The van der Waals surface area contributed by atoms with Crippen LogP contribution in [-0.4, -0.2) is 25.2 Å². The van der Waals surface area contributed by atoms with Crippen molar-refractivity contribution in [2.24, 2.45) is 0 Å². The van der Waals surface area contributed by atoms with Gasteiger partial charge in [0.15, 0.2) is 15.6 Å². The fraction of sp³-hybridized carbons (Fsp3) is 0.333. The van der Waals surface area contributed by atoms with E-state index >= 15 is 0 Å². The topological polar surface area (TPSA) is 89.3 Å². The summed E-state index contributed by atoms with van der Waals surface area (Å²) in [5, 5.41) is 6.84. The summed E-state index contributed by atoms with van der Waals surface area (Å²) in [4.78, 5) is 12.7. The molecule has 1 N–H and O–H groups in total. The number of hydrogen-bond donors (Lipinski definition) is 1. The second-order valence-electron chi connectivity index (χ2n) is 7.78. The zero-order chi connectivity index (χ0) is 22.8. The third-order valence-electron chi connectivity index (χ3n) is 5.54. The molecule has 0 unspecified atom stereocenters. The smallest absolute Gasteiger partial charge is 0.225 e. The quantitative estimate of drug-likeness (QED) is 0.562. The van der Waals surface area contributed by atoms with Gasteiger partial charge < -0.3 is 9.84 Å². The maximum atomic E-state index is 13.0. The minimum absolute atomic E-state index is 0.121. The Kier molecular flexibility index (Phi) is 6.65. The monoisotopic (exact) mass is 440 g/mol. The lowest BCUT2D eigenvalue weighted by Crippen LogP contribution is -2.19. The summed E-state index contributed by atoms with van der Waals surface area (Å²) < 4.78 is 31.5. The fourth-order valence-corrected chi connectivity index (χ4v) is 5.04. The Balaban J connectivity index is 1.79. The lowest BCUT2D eigenvalue weighted by Gasteiger charge is -2.13. The predicted octanol–water partition coefficient (Wildman–Crippen LogP) is 4.94. The third-order valence-corrected chi connectivity index (χ3v) is 7.40. The number of hydrogen-bond acceptors (Lipinski definition) is 5. The zero-order valence-electron chi connectivity index (χ0n) is 18.6. The highest BCUT2D eigenvalue weighted by atomic mass is 32.2. The maximum absolute atomic E-state index is 13.0. The number of nitrogens with zero attached hydrogens (tertiary/aromatic N) is 1. The van der Waals surface area contributed by atoms with Gasteiger partial charge in [0.25, 0.3) is 0 Å². The van der Waals surface area contributed by atoms with E-state index in [4.69, 9.17) is 4.52 Å². The van der Waals surface area contributed by atoms with E-state index in [1.165, 1.54) is 0 Å². The average molecular weight is 441 g/mol. The van der Waals surface area contributed by atoms with E-state index in [-0.39, 0.29) is 23.0 Å². The SMILES string of the molecule is CCc1cccc(C)c1NC(=O)CCS(=O)(=O)c1cc(-c2onc(C)c2C)ccc1C. The highest BCUT2D eigenvalue weighted by molar-refractivity contribution is 7.91. The average Bonchev–Trinajstić information content (AvgIpc) is 3.07. The zero-order valence-corrected chi connectivity index (χ0v) is 19.4. The summed E-state index contributed by atoms with van der Waals surface area (Å²) in [6, 6.07) is 11.0. The largest absolute Gasteiger partial charge is 0.356 e. The molecule has 3 rings (SSSR count). The highest BCUT2D eigenvalue weighted by Crippen LogP contribution is 2.29. The highest BCUT2D eigenvalue weighted by Gasteiger charge is 2.22. The number of carbonyl (C=O) groups is 1. The van der Waals surface area contributed by atoms with Crippen LogP contribution < -0.4 is 5.32 Å². The molecular weight excluding hydrogens is 412 g/mol. The van der Waals surface area contributed by atoms with Crippen molar-refractivity contribution in [1.82, 2.24) is 5.16 Å². The molecule has 0 aliphatic rings. The molecule has 0 saturated heterocycles. The van der Waals surface area contributed by atoms with Gasteiger partial charge in [0.1, 0.15) is 0 Å². The van der Waals surface area contributed by atoms with Crippen LogP contribution in [-0.2, 0) is 21.1 Å². The van der Waals surface area contributed by atoms with Gasteiger partial charge in [0, 0.05) is 23.2 Å². The molecule has 31 heavy (non-hydrogen) atoms. The van der Waals surface area contributed by atoms with Crippen LogP contribution in [0.5, 0.6) is 0 Å². The Hall–Kier alpha value is -2.93. The molecule has 0 atom stereocenters. The fourth-order valence-electron chi connectivity index (χ4n) is 3.50. The van der Waals surface area contributed by atoms with Crippen LogP contribution in [0.1, 0.15) is 41.3 Å². The third kappa shape index (κ3) is 4.88. The Morgan fingerprint density at radius 3 is 2.45 bits per heavy atom. The Bertz CT molecular complexity index is 1230. The number of anilines is 1. The first-order chi connectivity index (χ1) is 14.6. The molecule has 0 saturated carbocycles. The van der Waals surface area contributed by atoms with Crippen LogP contribution >= 0.6 is 0 Å². The van der Waals surface area contributed by atoms with Gasteiger partial charge in [-0.15, -0.1) is 0 Å². The van der Waals surface area contributed by atoms with Gasteiger partial charge in [-0.05, 0) is 56.9 Å². The molecule has 1 aromatic heterocycles. The number of carbonyl (C=O) groups excluding carboxylic acids is 1. The molecule has 1 amide bonds. The first kappa shape index (κ1) is 22.7.